The fraction of sp³-hybridized carbons (Fsp3) is 0.273. The summed E-state index contributed by atoms with van der Waals surface area (Å²) >= 11 is 16.6. The highest BCUT2D eigenvalue weighted by Crippen LogP contribution is 2.25. The molecule has 0 spiro atoms. The zero-order valence-electron chi connectivity index (χ0n) is 9.38. The lowest BCUT2D eigenvalue weighted by Gasteiger charge is -2.25. The normalized spacial score (nSPS) is 11.1. The molecule has 3 nitrogen and oxygen atoms in total. The number of carbonyl (C=O) groups is 1. The number of nitrogens with two attached hydrogens (primary N) is 1. The molecule has 6 heteroatoms. The summed E-state index contributed by atoms with van der Waals surface area (Å²) in [5.41, 5.74) is 5.04. The smallest absolute Gasteiger partial charge is 0.253 e. The highest BCUT2D eigenvalue weighted by Gasteiger charge is 2.25. The van der Waals surface area contributed by atoms with Crippen molar-refractivity contribution in [3.8, 4) is 0 Å². The molecular weight excluding hydrogens is 279 g/mol. The van der Waals surface area contributed by atoms with Gasteiger partial charge in [-0.2, -0.15) is 0 Å². The molecule has 0 unspecified atom stereocenters. The number of benzene rings is 1. The van der Waals surface area contributed by atoms with Crippen LogP contribution in [0, 0.1) is 0 Å². The van der Waals surface area contributed by atoms with Crippen molar-refractivity contribution in [2.45, 2.75) is 19.4 Å². The van der Waals surface area contributed by atoms with Crippen LogP contribution in [-0.4, -0.2) is 16.4 Å². The van der Waals surface area contributed by atoms with E-state index < -0.39 is 5.54 Å². The van der Waals surface area contributed by atoms with E-state index in [2.05, 4.69) is 5.32 Å². The number of hydrogen-bond acceptors (Lipinski definition) is 2. The average Bonchev–Trinajstić information content (AvgIpc) is 2.21. The zero-order chi connectivity index (χ0) is 13.2. The van der Waals surface area contributed by atoms with Crippen LogP contribution in [0.3, 0.4) is 0 Å². The number of carbonyl (C=O) groups excluding carboxylic acids is 1. The van der Waals surface area contributed by atoms with Gasteiger partial charge in [0.1, 0.15) is 0 Å². The summed E-state index contributed by atoms with van der Waals surface area (Å²) in [5, 5.41) is 3.23. The second kappa shape index (κ2) is 5.21. The van der Waals surface area contributed by atoms with Crippen LogP contribution in [0.4, 0.5) is 0 Å². The van der Waals surface area contributed by atoms with E-state index in [9.17, 15) is 4.79 Å². The minimum Gasteiger partial charge on any atom is -0.391 e. The molecule has 0 aliphatic rings. The van der Waals surface area contributed by atoms with Crippen molar-refractivity contribution in [3.05, 3.63) is 33.8 Å². The van der Waals surface area contributed by atoms with Gasteiger partial charge in [-0.1, -0.05) is 41.5 Å². The van der Waals surface area contributed by atoms with Crippen LogP contribution in [-0.2, 0) is 0 Å². The SMILES string of the molecule is CC(C)(NC(=O)c1cccc(Cl)c1Cl)C(N)=S. The van der Waals surface area contributed by atoms with Crippen LogP contribution >= 0.6 is 35.4 Å². The number of rotatable bonds is 3. The van der Waals surface area contributed by atoms with Gasteiger partial charge in [0.15, 0.2) is 0 Å². The molecule has 0 saturated heterocycles. The van der Waals surface area contributed by atoms with Crippen molar-refractivity contribution in [1.82, 2.24) is 5.32 Å². The van der Waals surface area contributed by atoms with Gasteiger partial charge in [0.05, 0.1) is 26.1 Å². The van der Waals surface area contributed by atoms with E-state index in [1.807, 2.05) is 0 Å². The number of halogens is 2. The highest BCUT2D eigenvalue weighted by atomic mass is 35.5. The van der Waals surface area contributed by atoms with Crippen LogP contribution in [0.15, 0.2) is 18.2 Å². The van der Waals surface area contributed by atoms with Crippen molar-refractivity contribution < 1.29 is 4.79 Å². The fourth-order valence-electron chi connectivity index (χ4n) is 1.09. The standard InChI is InChI=1S/C11H12Cl2N2OS/c1-11(2,10(14)17)15-9(16)6-4-3-5-7(12)8(6)13/h3-5H,1-2H3,(H2,14,17)(H,15,16). The van der Waals surface area contributed by atoms with Crippen molar-refractivity contribution in [2.24, 2.45) is 5.73 Å². The van der Waals surface area contributed by atoms with Gasteiger partial charge in [-0.05, 0) is 26.0 Å². The Balaban J connectivity index is 2.99. The lowest BCUT2D eigenvalue weighted by atomic mass is 10.0. The quantitative estimate of drug-likeness (QED) is 0.842. The van der Waals surface area contributed by atoms with E-state index in [0.29, 0.717) is 10.6 Å². The first-order valence-electron chi connectivity index (χ1n) is 4.82. The summed E-state index contributed by atoms with van der Waals surface area (Å²) < 4.78 is 0. The molecule has 17 heavy (non-hydrogen) atoms. The van der Waals surface area contributed by atoms with Crippen molar-refractivity contribution in [1.29, 1.82) is 0 Å². The van der Waals surface area contributed by atoms with Gasteiger partial charge in [0.25, 0.3) is 5.91 Å². The van der Waals surface area contributed by atoms with Crippen molar-refractivity contribution in [3.63, 3.8) is 0 Å². The molecule has 1 aromatic carbocycles. The van der Waals surface area contributed by atoms with Gasteiger partial charge in [-0.25, -0.2) is 0 Å². The van der Waals surface area contributed by atoms with Crippen LogP contribution in [0.25, 0.3) is 0 Å². The topological polar surface area (TPSA) is 55.1 Å². The lowest BCUT2D eigenvalue weighted by Crippen LogP contribution is -2.52. The Labute approximate surface area is 115 Å². The highest BCUT2D eigenvalue weighted by molar-refractivity contribution is 7.80. The summed E-state index contributed by atoms with van der Waals surface area (Å²) in [6, 6.07) is 4.84. The van der Waals surface area contributed by atoms with Crippen LogP contribution < -0.4 is 11.1 Å². The number of nitrogens with one attached hydrogen (secondary N) is 1. The van der Waals surface area contributed by atoms with E-state index in [-0.39, 0.29) is 15.9 Å². The van der Waals surface area contributed by atoms with E-state index in [4.69, 9.17) is 41.2 Å². The Morgan fingerprint density at radius 3 is 2.53 bits per heavy atom. The van der Waals surface area contributed by atoms with Crippen molar-refractivity contribution >= 4 is 46.3 Å². The summed E-state index contributed by atoms with van der Waals surface area (Å²) in [4.78, 5) is 12.2. The molecule has 1 aromatic rings. The summed E-state index contributed by atoms with van der Waals surface area (Å²) in [6.45, 7) is 3.43. The largest absolute Gasteiger partial charge is 0.391 e. The number of thiocarbonyl (C=S) groups is 1. The minimum absolute atomic E-state index is 0.198. The Kier molecular flexibility index (Phi) is 4.36. The molecule has 1 amide bonds. The molecular formula is C11H12Cl2N2OS. The lowest BCUT2D eigenvalue weighted by molar-refractivity contribution is 0.0932. The molecule has 0 bridgehead atoms. The Morgan fingerprint density at radius 2 is 2.00 bits per heavy atom. The van der Waals surface area contributed by atoms with Crippen molar-refractivity contribution in [2.75, 3.05) is 0 Å². The first-order valence-corrected chi connectivity index (χ1v) is 5.98. The van der Waals surface area contributed by atoms with Gasteiger partial charge >= 0.3 is 0 Å². The predicted octanol–water partition coefficient (Wildman–Crippen LogP) is 2.79. The van der Waals surface area contributed by atoms with Crippen LogP contribution in [0.2, 0.25) is 10.0 Å². The third kappa shape index (κ3) is 3.31. The molecule has 0 heterocycles. The third-order valence-electron chi connectivity index (χ3n) is 2.24. The molecule has 0 aromatic heterocycles. The van der Waals surface area contributed by atoms with Gasteiger partial charge in [0, 0.05) is 0 Å². The van der Waals surface area contributed by atoms with E-state index >= 15 is 0 Å². The number of hydrogen-bond donors (Lipinski definition) is 2. The molecule has 1 rings (SSSR count). The summed E-state index contributed by atoms with van der Waals surface area (Å²) in [5.74, 6) is -0.365. The second-order valence-corrected chi connectivity index (χ2v) is 5.27. The Bertz CT molecular complexity index is 475. The molecule has 0 atom stereocenters. The Hall–Kier alpha value is -0.840. The van der Waals surface area contributed by atoms with Gasteiger partial charge < -0.3 is 11.1 Å². The molecule has 0 fully saturated rings. The monoisotopic (exact) mass is 290 g/mol. The van der Waals surface area contributed by atoms with Gasteiger partial charge in [-0.3, -0.25) is 4.79 Å². The fourth-order valence-corrected chi connectivity index (χ4v) is 1.53. The average molecular weight is 291 g/mol. The van der Waals surface area contributed by atoms with Gasteiger partial charge in [0.2, 0.25) is 0 Å². The van der Waals surface area contributed by atoms with Gasteiger partial charge in [-0.15, -0.1) is 0 Å². The van der Waals surface area contributed by atoms with Crippen LogP contribution in [0.5, 0.6) is 0 Å². The second-order valence-electron chi connectivity index (χ2n) is 4.04. The van der Waals surface area contributed by atoms with Crippen LogP contribution in [0.1, 0.15) is 24.2 Å². The minimum atomic E-state index is -0.780. The summed E-state index contributed by atoms with van der Waals surface area (Å²) in [7, 11) is 0. The maximum atomic E-state index is 12.0. The first-order chi connectivity index (χ1) is 7.75. The maximum Gasteiger partial charge on any atom is 0.253 e. The maximum absolute atomic E-state index is 12.0. The molecule has 3 N–H and O–H groups in total. The molecule has 92 valence electrons. The first kappa shape index (κ1) is 14.2. The van der Waals surface area contributed by atoms with E-state index in [0.717, 1.165) is 0 Å². The summed E-state index contributed by atoms with van der Waals surface area (Å²) in [6.07, 6.45) is 0. The molecule has 0 aliphatic carbocycles. The Morgan fingerprint density at radius 1 is 1.41 bits per heavy atom. The number of amides is 1. The molecule has 0 aliphatic heterocycles. The third-order valence-corrected chi connectivity index (χ3v) is 3.57. The zero-order valence-corrected chi connectivity index (χ0v) is 11.7. The predicted molar refractivity (Wildman–Crippen MR) is 74.8 cm³/mol. The van der Waals surface area contributed by atoms with E-state index in [1.165, 1.54) is 0 Å². The molecule has 0 saturated carbocycles. The van der Waals surface area contributed by atoms with E-state index in [1.54, 1.807) is 32.0 Å². The molecule has 0 radical (unpaired) electrons.